The molecule has 0 bridgehead atoms. The molecule has 2 unspecified atom stereocenters. The van der Waals surface area contributed by atoms with Crippen LogP contribution in [0.1, 0.15) is 31.0 Å². The zero-order valence-corrected chi connectivity index (χ0v) is 10.4. The van der Waals surface area contributed by atoms with Crippen molar-refractivity contribution in [1.82, 2.24) is 5.32 Å². The Balaban J connectivity index is 2.65. The van der Waals surface area contributed by atoms with Crippen LogP contribution in [-0.4, -0.2) is 28.3 Å². The van der Waals surface area contributed by atoms with Gasteiger partial charge in [0.15, 0.2) is 5.60 Å². The maximum atomic E-state index is 10.7. The SMILES string of the molecule is Cc1ccccc1C(C)NCC(C)(O)C(=O)O. The van der Waals surface area contributed by atoms with Gasteiger partial charge in [0, 0.05) is 12.6 Å². The third kappa shape index (κ3) is 3.54. The van der Waals surface area contributed by atoms with Crippen LogP contribution in [0.5, 0.6) is 0 Å². The Bertz CT molecular complexity index is 401. The molecule has 1 rings (SSSR count). The summed E-state index contributed by atoms with van der Waals surface area (Å²) in [5, 5.41) is 21.4. The molecule has 94 valence electrons. The fourth-order valence-electron chi connectivity index (χ4n) is 1.61. The fourth-order valence-corrected chi connectivity index (χ4v) is 1.61. The van der Waals surface area contributed by atoms with E-state index in [0.717, 1.165) is 11.1 Å². The van der Waals surface area contributed by atoms with Crippen molar-refractivity contribution in [1.29, 1.82) is 0 Å². The van der Waals surface area contributed by atoms with Gasteiger partial charge in [0.1, 0.15) is 0 Å². The lowest BCUT2D eigenvalue weighted by atomic mass is 10.0. The Labute approximate surface area is 101 Å². The molecule has 0 aliphatic heterocycles. The highest BCUT2D eigenvalue weighted by Gasteiger charge is 2.30. The topological polar surface area (TPSA) is 69.6 Å². The Morgan fingerprint density at radius 3 is 2.59 bits per heavy atom. The van der Waals surface area contributed by atoms with Crippen molar-refractivity contribution in [2.24, 2.45) is 0 Å². The quantitative estimate of drug-likeness (QED) is 0.725. The smallest absolute Gasteiger partial charge is 0.336 e. The van der Waals surface area contributed by atoms with E-state index < -0.39 is 11.6 Å². The monoisotopic (exact) mass is 237 g/mol. The highest BCUT2D eigenvalue weighted by molar-refractivity contribution is 5.76. The van der Waals surface area contributed by atoms with Crippen molar-refractivity contribution < 1.29 is 15.0 Å². The van der Waals surface area contributed by atoms with Gasteiger partial charge in [-0.15, -0.1) is 0 Å². The molecule has 0 heterocycles. The number of nitrogens with one attached hydrogen (secondary N) is 1. The Morgan fingerprint density at radius 1 is 1.47 bits per heavy atom. The summed E-state index contributed by atoms with van der Waals surface area (Å²) in [7, 11) is 0. The molecule has 1 aromatic rings. The summed E-state index contributed by atoms with van der Waals surface area (Å²) >= 11 is 0. The van der Waals surface area contributed by atoms with E-state index in [1.165, 1.54) is 6.92 Å². The predicted octanol–water partition coefficient (Wildman–Crippen LogP) is 1.48. The van der Waals surface area contributed by atoms with Crippen molar-refractivity contribution >= 4 is 5.97 Å². The highest BCUT2D eigenvalue weighted by Crippen LogP contribution is 2.17. The zero-order valence-electron chi connectivity index (χ0n) is 10.4. The molecule has 17 heavy (non-hydrogen) atoms. The number of carbonyl (C=O) groups is 1. The Morgan fingerprint density at radius 2 is 2.06 bits per heavy atom. The van der Waals surface area contributed by atoms with Crippen LogP contribution in [0.25, 0.3) is 0 Å². The summed E-state index contributed by atoms with van der Waals surface area (Å²) < 4.78 is 0. The molecule has 3 N–H and O–H groups in total. The van der Waals surface area contributed by atoms with Crippen LogP contribution in [0.2, 0.25) is 0 Å². The first-order valence-electron chi connectivity index (χ1n) is 5.59. The van der Waals surface area contributed by atoms with Crippen LogP contribution in [0.15, 0.2) is 24.3 Å². The molecule has 0 spiro atoms. The second kappa shape index (κ2) is 5.29. The lowest BCUT2D eigenvalue weighted by Gasteiger charge is -2.23. The maximum Gasteiger partial charge on any atom is 0.336 e. The summed E-state index contributed by atoms with van der Waals surface area (Å²) in [5.74, 6) is -1.22. The van der Waals surface area contributed by atoms with Crippen LogP contribution >= 0.6 is 0 Å². The van der Waals surface area contributed by atoms with Gasteiger partial charge in [-0.2, -0.15) is 0 Å². The van der Waals surface area contributed by atoms with Crippen molar-refractivity contribution in [3.8, 4) is 0 Å². The molecular formula is C13H19NO3. The molecule has 0 fully saturated rings. The second-order valence-electron chi connectivity index (χ2n) is 4.54. The first kappa shape index (κ1) is 13.7. The van der Waals surface area contributed by atoms with E-state index in [9.17, 15) is 9.90 Å². The summed E-state index contributed by atoms with van der Waals surface area (Å²) in [6.45, 7) is 5.24. The van der Waals surface area contributed by atoms with E-state index in [1.807, 2.05) is 38.1 Å². The summed E-state index contributed by atoms with van der Waals surface area (Å²) in [5.41, 5.74) is 0.507. The van der Waals surface area contributed by atoms with Gasteiger partial charge in [0.2, 0.25) is 0 Å². The number of rotatable bonds is 5. The average Bonchev–Trinajstić information content (AvgIpc) is 2.26. The van der Waals surface area contributed by atoms with Crippen LogP contribution in [0.3, 0.4) is 0 Å². The molecule has 0 saturated carbocycles. The van der Waals surface area contributed by atoms with Gasteiger partial charge in [-0.05, 0) is 31.9 Å². The largest absolute Gasteiger partial charge is 0.479 e. The maximum absolute atomic E-state index is 10.7. The first-order chi connectivity index (χ1) is 7.84. The Hall–Kier alpha value is -1.39. The number of hydrogen-bond acceptors (Lipinski definition) is 3. The van der Waals surface area contributed by atoms with Gasteiger partial charge in [-0.3, -0.25) is 0 Å². The minimum Gasteiger partial charge on any atom is -0.479 e. The molecular weight excluding hydrogens is 218 g/mol. The van der Waals surface area contributed by atoms with Crippen LogP contribution in [0.4, 0.5) is 0 Å². The van der Waals surface area contributed by atoms with E-state index in [0.29, 0.717) is 0 Å². The molecule has 0 aliphatic carbocycles. The number of benzene rings is 1. The molecule has 2 atom stereocenters. The predicted molar refractivity (Wildman–Crippen MR) is 65.9 cm³/mol. The van der Waals surface area contributed by atoms with Crippen LogP contribution < -0.4 is 5.32 Å². The summed E-state index contributed by atoms with van der Waals surface area (Å²) in [6.07, 6.45) is 0. The number of aryl methyl sites for hydroxylation is 1. The standard InChI is InChI=1S/C13H19NO3/c1-9-6-4-5-7-11(9)10(2)14-8-13(3,17)12(15)16/h4-7,10,14,17H,8H2,1-3H3,(H,15,16). The number of carboxylic acid groups (broad SMARTS) is 1. The van der Waals surface area contributed by atoms with Crippen LogP contribution in [-0.2, 0) is 4.79 Å². The van der Waals surface area contributed by atoms with E-state index in [4.69, 9.17) is 5.11 Å². The van der Waals surface area contributed by atoms with Gasteiger partial charge in [0.25, 0.3) is 0 Å². The van der Waals surface area contributed by atoms with Crippen molar-refractivity contribution in [2.45, 2.75) is 32.4 Å². The minimum atomic E-state index is -1.74. The lowest BCUT2D eigenvalue weighted by Crippen LogP contribution is -2.45. The number of carboxylic acids is 1. The van der Waals surface area contributed by atoms with E-state index in [2.05, 4.69) is 5.32 Å². The molecule has 1 aromatic carbocycles. The molecule has 0 radical (unpaired) electrons. The molecule has 0 saturated heterocycles. The summed E-state index contributed by atoms with van der Waals surface area (Å²) in [6, 6.07) is 7.89. The van der Waals surface area contributed by atoms with Gasteiger partial charge in [-0.25, -0.2) is 4.79 Å². The normalized spacial score (nSPS) is 16.2. The molecule has 0 aliphatic rings. The van der Waals surface area contributed by atoms with E-state index >= 15 is 0 Å². The molecule has 0 amide bonds. The fraction of sp³-hybridized carbons (Fsp3) is 0.462. The molecule has 4 nitrogen and oxygen atoms in total. The van der Waals surface area contributed by atoms with E-state index in [-0.39, 0.29) is 12.6 Å². The first-order valence-corrected chi connectivity index (χ1v) is 5.59. The third-order valence-electron chi connectivity index (χ3n) is 2.87. The van der Waals surface area contributed by atoms with Gasteiger partial charge in [-0.1, -0.05) is 24.3 Å². The van der Waals surface area contributed by atoms with Crippen molar-refractivity contribution in [2.75, 3.05) is 6.54 Å². The number of hydrogen-bond donors (Lipinski definition) is 3. The van der Waals surface area contributed by atoms with Gasteiger partial charge in [0.05, 0.1) is 0 Å². The second-order valence-corrected chi connectivity index (χ2v) is 4.54. The zero-order chi connectivity index (χ0) is 13.1. The molecule has 4 heteroatoms. The van der Waals surface area contributed by atoms with Gasteiger partial charge < -0.3 is 15.5 Å². The third-order valence-corrected chi connectivity index (χ3v) is 2.87. The van der Waals surface area contributed by atoms with Gasteiger partial charge >= 0.3 is 5.97 Å². The average molecular weight is 237 g/mol. The highest BCUT2D eigenvalue weighted by atomic mass is 16.4. The molecule has 0 aromatic heterocycles. The summed E-state index contributed by atoms with van der Waals surface area (Å²) in [4.78, 5) is 10.7. The number of aliphatic carboxylic acids is 1. The lowest BCUT2D eigenvalue weighted by molar-refractivity contribution is -0.156. The number of aliphatic hydroxyl groups is 1. The minimum absolute atomic E-state index is 0.00187. The van der Waals surface area contributed by atoms with Crippen molar-refractivity contribution in [3.63, 3.8) is 0 Å². The Kier molecular flexibility index (Phi) is 4.26. The van der Waals surface area contributed by atoms with Crippen LogP contribution in [0, 0.1) is 6.92 Å². The van der Waals surface area contributed by atoms with E-state index in [1.54, 1.807) is 0 Å². The van der Waals surface area contributed by atoms with Crippen molar-refractivity contribution in [3.05, 3.63) is 35.4 Å².